The van der Waals surface area contributed by atoms with Crippen molar-refractivity contribution < 1.29 is 27.5 Å². The molecule has 1 aliphatic heterocycles. The van der Waals surface area contributed by atoms with E-state index in [1.807, 2.05) is 45.0 Å². The lowest BCUT2D eigenvalue weighted by Gasteiger charge is -2.33. The van der Waals surface area contributed by atoms with Gasteiger partial charge in [0, 0.05) is 19.2 Å². The van der Waals surface area contributed by atoms with Crippen molar-refractivity contribution in [1.82, 2.24) is 10.2 Å². The van der Waals surface area contributed by atoms with Gasteiger partial charge in [-0.1, -0.05) is 50.1 Å². The topological polar surface area (TPSA) is 105 Å². The summed E-state index contributed by atoms with van der Waals surface area (Å²) >= 11 is 0. The molecule has 9 nitrogen and oxygen atoms in total. The number of rotatable bonds is 13. The quantitative estimate of drug-likeness (QED) is 0.396. The summed E-state index contributed by atoms with van der Waals surface area (Å²) in [5, 5.41) is 2.92. The first-order chi connectivity index (χ1) is 17.7. The number of carbonyl (C=O) groups excluding carboxylic acids is 2. The van der Waals surface area contributed by atoms with Crippen LogP contribution in [0.25, 0.3) is 0 Å². The number of aryl methyl sites for hydroxylation is 1. The molecule has 0 aromatic heterocycles. The predicted octanol–water partition coefficient (Wildman–Crippen LogP) is 3.60. The summed E-state index contributed by atoms with van der Waals surface area (Å²) in [4.78, 5) is 28.4. The fourth-order valence-corrected chi connectivity index (χ4v) is 5.13. The van der Waals surface area contributed by atoms with Crippen LogP contribution >= 0.6 is 0 Å². The van der Waals surface area contributed by atoms with Crippen molar-refractivity contribution >= 4 is 27.5 Å². The number of hydrogen-bond acceptors (Lipinski definition) is 6. The van der Waals surface area contributed by atoms with Gasteiger partial charge in [-0.05, 0) is 44.4 Å². The van der Waals surface area contributed by atoms with Gasteiger partial charge >= 0.3 is 0 Å². The summed E-state index contributed by atoms with van der Waals surface area (Å²) in [6.07, 6.45) is 2.16. The first-order valence-electron chi connectivity index (χ1n) is 12.7. The molecule has 0 saturated carbocycles. The number of nitrogens with zero attached hydrogens (tertiary/aromatic N) is 2. The predicted molar refractivity (Wildman–Crippen MR) is 143 cm³/mol. The number of anilines is 1. The van der Waals surface area contributed by atoms with Gasteiger partial charge in [0.05, 0.1) is 11.4 Å². The summed E-state index contributed by atoms with van der Waals surface area (Å²) in [5.41, 5.74) is 2.23. The van der Waals surface area contributed by atoms with Gasteiger partial charge in [0.1, 0.15) is 12.6 Å². The molecule has 0 spiro atoms. The minimum atomic E-state index is -3.82. The lowest BCUT2D eigenvalue weighted by Crippen LogP contribution is -2.52. The van der Waals surface area contributed by atoms with Gasteiger partial charge in [0.2, 0.25) is 28.6 Å². The van der Waals surface area contributed by atoms with Crippen LogP contribution in [0.1, 0.15) is 51.2 Å². The molecule has 1 aliphatic rings. The molecule has 1 heterocycles. The highest BCUT2D eigenvalue weighted by atomic mass is 32.2. The third-order valence-electron chi connectivity index (χ3n) is 6.31. The van der Waals surface area contributed by atoms with E-state index >= 15 is 0 Å². The second-order valence-electron chi connectivity index (χ2n) is 9.02. The minimum absolute atomic E-state index is 0.0495. The Kier molecular flexibility index (Phi) is 9.79. The van der Waals surface area contributed by atoms with Gasteiger partial charge < -0.3 is 19.7 Å². The van der Waals surface area contributed by atoms with Crippen LogP contribution in [0, 0.1) is 6.92 Å². The zero-order chi connectivity index (χ0) is 27.0. The molecule has 0 fully saturated rings. The van der Waals surface area contributed by atoms with Crippen molar-refractivity contribution in [3.8, 4) is 11.5 Å². The Morgan fingerprint density at radius 3 is 2.38 bits per heavy atom. The van der Waals surface area contributed by atoms with E-state index in [4.69, 9.17) is 9.47 Å². The number of sulfonamides is 1. The Hall–Kier alpha value is -3.27. The molecule has 10 heteroatoms. The molecule has 1 N–H and O–H groups in total. The molecule has 0 radical (unpaired) electrons. The summed E-state index contributed by atoms with van der Waals surface area (Å²) in [6.45, 7) is 7.69. The maximum atomic E-state index is 13.8. The molecule has 2 aromatic rings. The molecule has 37 heavy (non-hydrogen) atoms. The SMILES string of the molecule is CCCCNC(=O)C(CC)N(Cc1ccc(C)cc1)C(=O)CN(c1ccc2c(c1)OCO2)S(=O)(=O)CC. The molecule has 2 amide bonds. The molecule has 3 rings (SSSR count). The van der Waals surface area contributed by atoms with Crippen LogP contribution in [0.3, 0.4) is 0 Å². The molecular weight excluding hydrogens is 494 g/mol. The van der Waals surface area contributed by atoms with E-state index in [1.54, 1.807) is 18.2 Å². The fourth-order valence-electron chi connectivity index (χ4n) is 4.08. The van der Waals surface area contributed by atoms with E-state index in [9.17, 15) is 18.0 Å². The number of carbonyl (C=O) groups is 2. The average molecular weight is 532 g/mol. The molecule has 0 aliphatic carbocycles. The monoisotopic (exact) mass is 531 g/mol. The van der Waals surface area contributed by atoms with Crippen LogP contribution in [0.4, 0.5) is 5.69 Å². The van der Waals surface area contributed by atoms with Gasteiger partial charge in [-0.2, -0.15) is 0 Å². The first-order valence-corrected chi connectivity index (χ1v) is 14.3. The molecular formula is C27H37N3O6S. The van der Waals surface area contributed by atoms with Crippen molar-refractivity contribution in [3.63, 3.8) is 0 Å². The largest absolute Gasteiger partial charge is 0.454 e. The van der Waals surface area contributed by atoms with Crippen LogP contribution in [0.5, 0.6) is 11.5 Å². The van der Waals surface area contributed by atoms with Crippen LogP contribution in [-0.2, 0) is 26.2 Å². The van der Waals surface area contributed by atoms with Crippen molar-refractivity contribution in [1.29, 1.82) is 0 Å². The first kappa shape index (κ1) is 28.3. The van der Waals surface area contributed by atoms with E-state index in [0.717, 1.165) is 28.3 Å². The smallest absolute Gasteiger partial charge is 0.244 e. The summed E-state index contributed by atoms with van der Waals surface area (Å²) in [5.74, 6) is 0.0258. The van der Waals surface area contributed by atoms with Crippen LogP contribution in [0.15, 0.2) is 42.5 Å². The zero-order valence-corrected chi connectivity index (χ0v) is 22.8. The summed E-state index contributed by atoms with van der Waals surface area (Å²) in [7, 11) is -3.82. The van der Waals surface area contributed by atoms with Gasteiger partial charge in [-0.3, -0.25) is 13.9 Å². The highest BCUT2D eigenvalue weighted by Crippen LogP contribution is 2.36. The zero-order valence-electron chi connectivity index (χ0n) is 22.0. The normalized spacial score (nSPS) is 13.2. The van der Waals surface area contributed by atoms with Crippen molar-refractivity contribution in [2.75, 3.05) is 29.9 Å². The van der Waals surface area contributed by atoms with E-state index < -0.39 is 28.5 Å². The number of benzene rings is 2. The maximum Gasteiger partial charge on any atom is 0.244 e. The number of unbranched alkanes of at least 4 members (excludes halogenated alkanes) is 1. The lowest BCUT2D eigenvalue weighted by molar-refractivity contribution is -0.140. The Morgan fingerprint density at radius 1 is 1.03 bits per heavy atom. The Morgan fingerprint density at radius 2 is 1.73 bits per heavy atom. The number of amides is 2. The number of fused-ring (bicyclic) bond motifs is 1. The third kappa shape index (κ3) is 7.15. The maximum absolute atomic E-state index is 13.8. The highest BCUT2D eigenvalue weighted by molar-refractivity contribution is 7.92. The molecule has 0 saturated heterocycles. The van der Waals surface area contributed by atoms with Gasteiger partial charge in [0.25, 0.3) is 0 Å². The average Bonchev–Trinajstić information content (AvgIpc) is 3.36. The van der Waals surface area contributed by atoms with Crippen LogP contribution in [-0.4, -0.2) is 56.8 Å². The van der Waals surface area contributed by atoms with E-state index in [0.29, 0.717) is 30.2 Å². The number of nitrogens with one attached hydrogen (secondary N) is 1. The molecule has 1 atom stereocenters. The number of ether oxygens (including phenoxy) is 2. The Balaban J connectivity index is 1.94. The highest BCUT2D eigenvalue weighted by Gasteiger charge is 2.33. The molecule has 202 valence electrons. The summed E-state index contributed by atoms with van der Waals surface area (Å²) in [6, 6.07) is 11.7. The summed E-state index contributed by atoms with van der Waals surface area (Å²) < 4.78 is 38.1. The number of hydrogen-bond donors (Lipinski definition) is 1. The fraction of sp³-hybridized carbons (Fsp3) is 0.481. The second-order valence-corrected chi connectivity index (χ2v) is 11.2. The Labute approximate surface area is 219 Å². The van der Waals surface area contributed by atoms with E-state index in [1.165, 1.54) is 11.8 Å². The molecule has 2 aromatic carbocycles. The molecule has 0 bridgehead atoms. The van der Waals surface area contributed by atoms with Gasteiger partial charge in [-0.15, -0.1) is 0 Å². The van der Waals surface area contributed by atoms with Crippen molar-refractivity contribution in [2.24, 2.45) is 0 Å². The van der Waals surface area contributed by atoms with E-state index in [-0.39, 0.29) is 25.0 Å². The van der Waals surface area contributed by atoms with E-state index in [2.05, 4.69) is 5.32 Å². The standard InChI is InChI=1S/C27H37N3O6S/c1-5-8-15-28-27(32)23(6-2)29(17-21-11-9-20(4)10-12-21)26(31)18-30(37(33,34)7-3)22-13-14-24-25(16-22)36-19-35-24/h9-14,16,23H,5-8,15,17-19H2,1-4H3,(H,28,32). The van der Waals surface area contributed by atoms with Crippen LogP contribution < -0.4 is 19.1 Å². The van der Waals surface area contributed by atoms with Crippen molar-refractivity contribution in [2.45, 2.75) is 59.5 Å². The third-order valence-corrected chi connectivity index (χ3v) is 8.05. The minimum Gasteiger partial charge on any atom is -0.454 e. The van der Waals surface area contributed by atoms with Gasteiger partial charge in [0.15, 0.2) is 11.5 Å². The Bertz CT molecular complexity index is 1180. The van der Waals surface area contributed by atoms with Crippen LogP contribution in [0.2, 0.25) is 0 Å². The second kappa shape index (κ2) is 12.8. The lowest BCUT2D eigenvalue weighted by atomic mass is 10.1. The molecule has 1 unspecified atom stereocenters. The van der Waals surface area contributed by atoms with Gasteiger partial charge in [-0.25, -0.2) is 8.42 Å². The van der Waals surface area contributed by atoms with Crippen molar-refractivity contribution in [3.05, 3.63) is 53.6 Å².